The van der Waals surface area contributed by atoms with Crippen LogP contribution in [-0.4, -0.2) is 88.2 Å². The van der Waals surface area contributed by atoms with E-state index in [4.69, 9.17) is 50.5 Å². The molecule has 12 rings (SSSR count). The number of aromatic nitrogens is 5. The maximum absolute atomic E-state index is 18.6. The highest BCUT2D eigenvalue weighted by Gasteiger charge is 2.50. The van der Waals surface area contributed by atoms with Gasteiger partial charge in [-0.2, -0.15) is 9.97 Å². The smallest absolute Gasteiger partial charge is 0.319 e. The van der Waals surface area contributed by atoms with E-state index in [1.165, 1.54) is 0 Å². The molecule has 6 aromatic carbocycles. The van der Waals surface area contributed by atoms with Crippen molar-refractivity contribution in [2.75, 3.05) is 56.9 Å². The van der Waals surface area contributed by atoms with Crippen molar-refractivity contribution < 1.29 is 27.7 Å². The first kappa shape index (κ1) is 52.4. The van der Waals surface area contributed by atoms with E-state index in [1.54, 1.807) is 14.2 Å². The van der Waals surface area contributed by atoms with Gasteiger partial charge in [-0.1, -0.05) is 127 Å². The van der Waals surface area contributed by atoms with Crippen LogP contribution in [0.15, 0.2) is 158 Å². The standard InChI is InChI=1S/C63H58ClF2IN8O4/c1-41-32-51(73(35-42-20-24-49(76-2)25-21-42)36-43-22-26-50(77-3)27-23-43)69-58(56(41)67)52-54(64)59-53-57(55(52)66)70-61(79-39-62-28-13-29-74(62)37-47(65)33-62)71-60(53)72(30-31-78-59)38-48-34-68-40-75(48)63(44-14-7-4-8-15-44,45-16-9-5-10-17-45)46-18-11-6-12-19-46/h4-12,14-27,32,34,40,47H,13,28-31,33,35-39H2,1-3H3/t47-,62+/m1/s1. The molecule has 402 valence electrons. The van der Waals surface area contributed by atoms with Crippen LogP contribution >= 0.6 is 34.2 Å². The summed E-state index contributed by atoms with van der Waals surface area (Å²) in [7, 11) is 3.29. The minimum Gasteiger partial charge on any atom is -0.497 e. The van der Waals surface area contributed by atoms with Crippen LogP contribution in [0.25, 0.3) is 22.2 Å². The van der Waals surface area contributed by atoms with Gasteiger partial charge in [0.05, 0.1) is 66.5 Å². The summed E-state index contributed by atoms with van der Waals surface area (Å²) >= 11 is 9.84. The molecule has 2 saturated heterocycles. The topological polar surface area (TPSA) is 103 Å². The van der Waals surface area contributed by atoms with Gasteiger partial charge in [-0.25, -0.2) is 18.7 Å². The zero-order chi connectivity index (χ0) is 54.3. The van der Waals surface area contributed by atoms with E-state index in [0.29, 0.717) is 58.9 Å². The van der Waals surface area contributed by atoms with Crippen LogP contribution in [0.4, 0.5) is 20.4 Å². The quantitative estimate of drug-likeness (QED) is 0.0643. The fourth-order valence-electron chi connectivity index (χ4n) is 12.0. The molecule has 9 aromatic rings. The van der Waals surface area contributed by atoms with E-state index in [-0.39, 0.29) is 47.6 Å². The second-order valence-electron chi connectivity index (χ2n) is 20.6. The van der Waals surface area contributed by atoms with Crippen LogP contribution in [0.5, 0.6) is 23.3 Å². The second-order valence-corrected chi connectivity index (χ2v) is 22.1. The highest BCUT2D eigenvalue weighted by Crippen LogP contribution is 2.50. The van der Waals surface area contributed by atoms with E-state index >= 15 is 8.78 Å². The lowest BCUT2D eigenvalue weighted by molar-refractivity contribution is 0.107. The Labute approximate surface area is 477 Å². The third kappa shape index (κ3) is 9.77. The maximum Gasteiger partial charge on any atom is 0.319 e. The second kappa shape index (κ2) is 22.1. The van der Waals surface area contributed by atoms with Gasteiger partial charge in [0.15, 0.2) is 11.6 Å². The van der Waals surface area contributed by atoms with Crippen LogP contribution < -0.4 is 28.7 Å². The number of ether oxygens (including phenoxy) is 4. The van der Waals surface area contributed by atoms with Gasteiger partial charge in [0.25, 0.3) is 0 Å². The molecule has 79 heavy (non-hydrogen) atoms. The Bertz CT molecular complexity index is 3490. The average molecular weight is 1190 g/mol. The molecule has 16 heteroatoms. The summed E-state index contributed by atoms with van der Waals surface area (Å²) in [5.41, 5.74) is 5.82. The molecule has 0 aliphatic carbocycles. The zero-order valence-electron chi connectivity index (χ0n) is 44.1. The third-order valence-electron chi connectivity index (χ3n) is 15.8. The number of hydrogen-bond acceptors (Lipinski definition) is 11. The fourth-order valence-corrected chi connectivity index (χ4v) is 12.9. The molecular formula is C63H58ClF2IN8O4. The molecule has 12 nitrogen and oxygen atoms in total. The number of halogens is 4. The molecule has 2 atom stereocenters. The molecule has 0 unspecified atom stereocenters. The van der Waals surface area contributed by atoms with E-state index in [2.05, 4.69) is 115 Å². The van der Waals surface area contributed by atoms with Crippen molar-refractivity contribution in [2.24, 2.45) is 0 Å². The summed E-state index contributed by atoms with van der Waals surface area (Å²) in [6, 6.07) is 49.1. The number of aryl methyl sites for hydroxylation is 1. The van der Waals surface area contributed by atoms with Crippen molar-refractivity contribution in [1.29, 1.82) is 0 Å². The SMILES string of the molecule is COc1ccc(CN(Cc2ccc(OC)cc2)c2cc(C)c(I)c(-c3c(Cl)c4c5c(nc(OC[C@@]67CCCN6C[C@H](F)C7)nc5c3F)N(Cc3cncn3C(c3ccccc3)(c3ccccc3)c3ccccc3)CCO4)n2)cc1. The largest absolute Gasteiger partial charge is 0.497 e. The van der Waals surface area contributed by atoms with Gasteiger partial charge in [-0.15, -0.1) is 0 Å². The van der Waals surface area contributed by atoms with Crippen LogP contribution in [0.1, 0.15) is 58.3 Å². The first-order chi connectivity index (χ1) is 38.6. The lowest BCUT2D eigenvalue weighted by Gasteiger charge is -2.39. The number of methoxy groups -OCH3 is 2. The van der Waals surface area contributed by atoms with Crippen LogP contribution in [0, 0.1) is 16.3 Å². The van der Waals surface area contributed by atoms with Crippen molar-refractivity contribution in [3.63, 3.8) is 0 Å². The lowest BCUT2D eigenvalue weighted by Crippen LogP contribution is -2.43. The molecule has 0 spiro atoms. The molecule has 0 bridgehead atoms. The van der Waals surface area contributed by atoms with E-state index in [9.17, 15) is 0 Å². The number of imidazole rings is 1. The highest BCUT2D eigenvalue weighted by molar-refractivity contribution is 14.1. The van der Waals surface area contributed by atoms with Crippen molar-refractivity contribution in [2.45, 2.75) is 63.1 Å². The first-order valence-corrected chi connectivity index (χ1v) is 28.0. The fraction of sp³-hybridized carbons (Fsp3) is 0.270. The summed E-state index contributed by atoms with van der Waals surface area (Å²) in [4.78, 5) is 26.7. The van der Waals surface area contributed by atoms with Crippen LogP contribution in [0.2, 0.25) is 5.02 Å². The maximum atomic E-state index is 18.6. The molecule has 0 radical (unpaired) electrons. The molecule has 0 N–H and O–H groups in total. The number of anilines is 2. The van der Waals surface area contributed by atoms with E-state index in [1.807, 2.05) is 92.2 Å². The zero-order valence-corrected chi connectivity index (χ0v) is 47.0. The number of fused-ring (bicyclic) bond motifs is 1. The first-order valence-electron chi connectivity index (χ1n) is 26.6. The van der Waals surface area contributed by atoms with Gasteiger partial charge in [0, 0.05) is 35.8 Å². The monoisotopic (exact) mass is 1190 g/mol. The van der Waals surface area contributed by atoms with Crippen LogP contribution in [-0.2, 0) is 25.2 Å². The van der Waals surface area contributed by atoms with E-state index in [0.717, 1.165) is 70.0 Å². The number of benzene rings is 6. The molecular weight excluding hydrogens is 1130 g/mol. The number of alkyl halides is 1. The predicted molar refractivity (Wildman–Crippen MR) is 313 cm³/mol. The summed E-state index contributed by atoms with van der Waals surface area (Å²) in [5, 5.41) is 0.349. The molecule has 0 saturated carbocycles. The predicted octanol–water partition coefficient (Wildman–Crippen LogP) is 13.0. The minimum atomic E-state index is -0.972. The molecule has 3 aliphatic rings. The van der Waals surface area contributed by atoms with Gasteiger partial charge >= 0.3 is 6.01 Å². The van der Waals surface area contributed by atoms with Gasteiger partial charge in [0.1, 0.15) is 53.6 Å². The Hall–Kier alpha value is -7.34. The summed E-state index contributed by atoms with van der Waals surface area (Å²) in [6.45, 7) is 4.97. The Morgan fingerprint density at radius 2 is 1.42 bits per heavy atom. The number of hydrogen-bond donors (Lipinski definition) is 0. The molecule has 6 heterocycles. The highest BCUT2D eigenvalue weighted by atomic mass is 127. The van der Waals surface area contributed by atoms with Crippen molar-refractivity contribution in [1.82, 2.24) is 29.4 Å². The van der Waals surface area contributed by atoms with Gasteiger partial charge in [-0.05, 0) is 113 Å². The Morgan fingerprint density at radius 3 is 2.01 bits per heavy atom. The minimum absolute atomic E-state index is 0.0329. The summed E-state index contributed by atoms with van der Waals surface area (Å²) < 4.78 is 61.0. The number of rotatable bonds is 17. The molecule has 3 aromatic heterocycles. The van der Waals surface area contributed by atoms with Crippen molar-refractivity contribution >= 4 is 56.7 Å². The van der Waals surface area contributed by atoms with Crippen LogP contribution in [0.3, 0.4) is 0 Å². The van der Waals surface area contributed by atoms with Gasteiger partial charge in [0.2, 0.25) is 0 Å². The normalized spacial score (nSPS) is 17.1. The lowest BCUT2D eigenvalue weighted by atomic mass is 9.76. The van der Waals surface area contributed by atoms with E-state index < -0.39 is 23.1 Å². The van der Waals surface area contributed by atoms with Crippen molar-refractivity contribution in [3.8, 4) is 34.5 Å². The summed E-state index contributed by atoms with van der Waals surface area (Å²) in [5.74, 6) is 2.02. The molecule has 0 amide bonds. The Morgan fingerprint density at radius 1 is 0.810 bits per heavy atom. The Kier molecular flexibility index (Phi) is 14.6. The molecule has 3 aliphatic heterocycles. The third-order valence-corrected chi connectivity index (χ3v) is 17.6. The summed E-state index contributed by atoms with van der Waals surface area (Å²) in [6.07, 6.45) is 4.83. The number of pyridine rings is 1. The van der Waals surface area contributed by atoms with Gasteiger partial charge in [-0.3, -0.25) is 4.90 Å². The number of nitrogens with zero attached hydrogens (tertiary/aromatic N) is 8. The van der Waals surface area contributed by atoms with Crippen molar-refractivity contribution in [3.05, 3.63) is 212 Å². The molecule has 2 fully saturated rings. The average Bonchev–Trinajstić information content (AvgIpc) is 4.19. The Balaban J connectivity index is 1.01. The van der Waals surface area contributed by atoms with Gasteiger partial charge < -0.3 is 33.3 Å².